The van der Waals surface area contributed by atoms with E-state index in [4.69, 9.17) is 0 Å². The summed E-state index contributed by atoms with van der Waals surface area (Å²) >= 11 is 5.52. The van der Waals surface area contributed by atoms with Crippen LogP contribution >= 0.6 is 27.7 Å². The Bertz CT molecular complexity index is 424. The minimum Gasteiger partial charge on any atom is -0.508 e. The summed E-state index contributed by atoms with van der Waals surface area (Å²) in [5, 5.41) is 13.6. The number of nitrogens with zero attached hydrogens (tertiary/aromatic N) is 1. The maximum Gasteiger partial charge on any atom is 0.120 e. The van der Waals surface area contributed by atoms with E-state index >= 15 is 0 Å². The molecule has 1 aromatic rings. The van der Waals surface area contributed by atoms with Crippen molar-refractivity contribution in [2.75, 3.05) is 37.7 Å². The van der Waals surface area contributed by atoms with Crippen LogP contribution in [0, 0.1) is 0 Å². The van der Waals surface area contributed by atoms with E-state index in [1.54, 1.807) is 6.07 Å². The summed E-state index contributed by atoms with van der Waals surface area (Å²) in [5.41, 5.74) is 0.982. The quantitative estimate of drug-likeness (QED) is 0.818. The van der Waals surface area contributed by atoms with Crippen LogP contribution in [0.2, 0.25) is 0 Å². The molecule has 0 aromatic heterocycles. The molecule has 1 heterocycles. The van der Waals surface area contributed by atoms with Gasteiger partial charge in [-0.05, 0) is 24.6 Å². The first-order chi connectivity index (χ1) is 9.70. The van der Waals surface area contributed by atoms with Gasteiger partial charge < -0.3 is 15.3 Å². The number of hydrogen-bond donors (Lipinski definition) is 2. The van der Waals surface area contributed by atoms with Gasteiger partial charge in [0.2, 0.25) is 0 Å². The predicted molar refractivity (Wildman–Crippen MR) is 90.6 cm³/mol. The van der Waals surface area contributed by atoms with Gasteiger partial charge in [0.15, 0.2) is 0 Å². The molecule has 0 radical (unpaired) electrons. The Morgan fingerprint density at radius 1 is 1.40 bits per heavy atom. The normalized spacial score (nSPS) is 18.1. The lowest BCUT2D eigenvalue weighted by Gasteiger charge is -2.27. The number of benzene rings is 1. The molecule has 2 rings (SSSR count). The second-order valence-corrected chi connectivity index (χ2v) is 7.21. The number of aromatic hydroxyl groups is 1. The van der Waals surface area contributed by atoms with Gasteiger partial charge in [-0.25, -0.2) is 0 Å². The van der Waals surface area contributed by atoms with E-state index in [2.05, 4.69) is 33.1 Å². The van der Waals surface area contributed by atoms with Crippen molar-refractivity contribution >= 4 is 27.7 Å². The van der Waals surface area contributed by atoms with Gasteiger partial charge >= 0.3 is 0 Å². The van der Waals surface area contributed by atoms with Gasteiger partial charge in [-0.15, -0.1) is 0 Å². The van der Waals surface area contributed by atoms with Crippen LogP contribution in [0.3, 0.4) is 0 Å². The van der Waals surface area contributed by atoms with Gasteiger partial charge in [0.1, 0.15) is 5.75 Å². The molecule has 1 aliphatic heterocycles. The summed E-state index contributed by atoms with van der Waals surface area (Å²) in [5.74, 6) is 2.88. The fourth-order valence-electron chi connectivity index (χ4n) is 2.50. The highest BCUT2D eigenvalue weighted by Crippen LogP contribution is 2.29. The zero-order valence-electron chi connectivity index (χ0n) is 11.9. The summed E-state index contributed by atoms with van der Waals surface area (Å²) in [6, 6.07) is 5.85. The Morgan fingerprint density at radius 3 is 2.85 bits per heavy atom. The minimum absolute atomic E-state index is 0.215. The molecule has 5 heteroatoms. The summed E-state index contributed by atoms with van der Waals surface area (Å²) < 4.78 is 1.01. The van der Waals surface area contributed by atoms with Crippen molar-refractivity contribution in [3.63, 3.8) is 0 Å². The third-order valence-electron chi connectivity index (χ3n) is 3.70. The first-order valence-corrected chi connectivity index (χ1v) is 9.17. The predicted octanol–water partition coefficient (Wildman–Crippen LogP) is 3.24. The number of nitrogens with one attached hydrogen (secondary N) is 1. The van der Waals surface area contributed by atoms with Crippen molar-refractivity contribution in [2.24, 2.45) is 0 Å². The lowest BCUT2D eigenvalue weighted by Crippen LogP contribution is -2.38. The molecule has 1 saturated heterocycles. The van der Waals surface area contributed by atoms with E-state index in [1.807, 2.05) is 23.9 Å². The Kier molecular flexibility index (Phi) is 6.68. The average Bonchev–Trinajstić information content (AvgIpc) is 2.48. The molecule has 0 amide bonds. The highest BCUT2D eigenvalue weighted by Gasteiger charge is 2.15. The molecule has 0 saturated carbocycles. The Labute approximate surface area is 134 Å². The number of halogens is 1. The molecule has 0 spiro atoms. The topological polar surface area (TPSA) is 35.5 Å². The van der Waals surface area contributed by atoms with Crippen molar-refractivity contribution < 1.29 is 5.11 Å². The van der Waals surface area contributed by atoms with Crippen LogP contribution in [0.4, 0.5) is 0 Å². The molecule has 0 bridgehead atoms. The number of phenols is 1. The van der Waals surface area contributed by atoms with Crippen LogP contribution in [-0.2, 0) is 0 Å². The van der Waals surface area contributed by atoms with E-state index in [1.165, 1.54) is 24.6 Å². The number of phenolic OH excluding ortho intramolecular Hbond substituents is 1. The van der Waals surface area contributed by atoms with E-state index in [9.17, 15) is 5.11 Å². The number of rotatable bonds is 6. The van der Waals surface area contributed by atoms with E-state index < -0.39 is 0 Å². The average molecular weight is 359 g/mol. The summed E-state index contributed by atoms with van der Waals surface area (Å²) in [4.78, 5) is 2.51. The molecule has 1 atom stereocenters. The van der Waals surface area contributed by atoms with Gasteiger partial charge in [-0.3, -0.25) is 0 Å². The van der Waals surface area contributed by atoms with Crippen LogP contribution in [0.5, 0.6) is 5.75 Å². The fourth-order valence-corrected chi connectivity index (χ4v) is 3.86. The van der Waals surface area contributed by atoms with Gasteiger partial charge in [-0.2, -0.15) is 11.8 Å². The monoisotopic (exact) mass is 358 g/mol. The zero-order chi connectivity index (χ0) is 14.4. The highest BCUT2D eigenvalue weighted by atomic mass is 79.9. The molecule has 1 aromatic carbocycles. The molecule has 20 heavy (non-hydrogen) atoms. The Balaban J connectivity index is 1.86. The summed E-state index contributed by atoms with van der Waals surface area (Å²) in [6.07, 6.45) is 0.972. The Hall–Kier alpha value is -0.230. The van der Waals surface area contributed by atoms with Gasteiger partial charge in [-0.1, -0.05) is 22.9 Å². The van der Waals surface area contributed by atoms with Crippen molar-refractivity contribution in [1.82, 2.24) is 10.2 Å². The lowest BCUT2D eigenvalue weighted by atomic mass is 10.0. The lowest BCUT2D eigenvalue weighted by molar-refractivity contribution is 0.293. The second kappa shape index (κ2) is 8.27. The maximum atomic E-state index is 10.0. The standard InChI is InChI=1S/C15H23BrN2OS/c1-2-14(13-11-12(16)3-4-15(13)19)17-5-6-18-7-9-20-10-8-18/h3-4,11,14,17,19H,2,5-10H2,1H3. The maximum absolute atomic E-state index is 10.0. The highest BCUT2D eigenvalue weighted by molar-refractivity contribution is 9.10. The van der Waals surface area contributed by atoms with E-state index in [0.717, 1.165) is 29.5 Å². The largest absolute Gasteiger partial charge is 0.508 e. The number of hydrogen-bond acceptors (Lipinski definition) is 4. The van der Waals surface area contributed by atoms with Gasteiger partial charge in [0.25, 0.3) is 0 Å². The van der Waals surface area contributed by atoms with Crippen molar-refractivity contribution in [3.8, 4) is 5.75 Å². The molecule has 3 nitrogen and oxygen atoms in total. The fraction of sp³-hybridized carbons (Fsp3) is 0.600. The van der Waals surface area contributed by atoms with Gasteiger partial charge in [0, 0.05) is 53.8 Å². The second-order valence-electron chi connectivity index (χ2n) is 5.07. The molecule has 1 fully saturated rings. The molecule has 112 valence electrons. The van der Waals surface area contributed by atoms with E-state index in [-0.39, 0.29) is 6.04 Å². The molecular formula is C15H23BrN2OS. The van der Waals surface area contributed by atoms with Gasteiger partial charge in [0.05, 0.1) is 0 Å². The van der Waals surface area contributed by atoms with Crippen molar-refractivity contribution in [1.29, 1.82) is 0 Å². The summed E-state index contributed by atoms with van der Waals surface area (Å²) in [6.45, 7) is 6.60. The summed E-state index contributed by atoms with van der Waals surface area (Å²) in [7, 11) is 0. The van der Waals surface area contributed by atoms with E-state index in [0.29, 0.717) is 5.75 Å². The van der Waals surface area contributed by atoms with Crippen LogP contribution < -0.4 is 5.32 Å². The third-order valence-corrected chi connectivity index (χ3v) is 5.13. The number of thioether (sulfide) groups is 1. The first kappa shape index (κ1) is 16.1. The van der Waals surface area contributed by atoms with Crippen molar-refractivity contribution in [3.05, 3.63) is 28.2 Å². The zero-order valence-corrected chi connectivity index (χ0v) is 14.3. The molecule has 1 aliphatic rings. The smallest absolute Gasteiger partial charge is 0.120 e. The van der Waals surface area contributed by atoms with Crippen LogP contribution in [0.25, 0.3) is 0 Å². The molecule has 0 aliphatic carbocycles. The SMILES string of the molecule is CCC(NCCN1CCSCC1)c1cc(Br)ccc1O. The Morgan fingerprint density at radius 2 is 2.15 bits per heavy atom. The van der Waals surface area contributed by atoms with Crippen LogP contribution in [-0.4, -0.2) is 47.7 Å². The molecule has 2 N–H and O–H groups in total. The molecular weight excluding hydrogens is 336 g/mol. The van der Waals surface area contributed by atoms with Crippen molar-refractivity contribution in [2.45, 2.75) is 19.4 Å². The third kappa shape index (κ3) is 4.65. The minimum atomic E-state index is 0.215. The first-order valence-electron chi connectivity index (χ1n) is 7.22. The molecule has 1 unspecified atom stereocenters. The van der Waals surface area contributed by atoms with Crippen LogP contribution in [0.1, 0.15) is 24.9 Å². The van der Waals surface area contributed by atoms with Crippen LogP contribution in [0.15, 0.2) is 22.7 Å².